The average molecular weight is 982 g/mol. The lowest BCUT2D eigenvalue weighted by Gasteiger charge is -2.29. The van der Waals surface area contributed by atoms with Crippen molar-refractivity contribution >= 4 is 13.7 Å². The predicted octanol–water partition coefficient (Wildman–Crippen LogP) is 17.4. The molecule has 3 atom stereocenters. The maximum absolute atomic E-state index is 13.0. The molecule has 0 bridgehead atoms. The van der Waals surface area contributed by atoms with Gasteiger partial charge in [-0.15, -0.1) is 0 Å². The molecule has 0 aliphatic rings. The number of quaternary nitrogens is 1. The number of amides is 1. The van der Waals surface area contributed by atoms with Crippen molar-refractivity contribution in [2.45, 2.75) is 309 Å². The van der Waals surface area contributed by atoms with Crippen LogP contribution >= 0.6 is 7.82 Å². The van der Waals surface area contributed by atoms with E-state index in [1.54, 1.807) is 6.08 Å². The van der Waals surface area contributed by atoms with Crippen molar-refractivity contribution in [2.75, 3.05) is 40.9 Å². The van der Waals surface area contributed by atoms with Crippen LogP contribution < -0.4 is 10.2 Å². The highest BCUT2D eigenvalue weighted by Crippen LogP contribution is 2.38. The smallest absolute Gasteiger partial charge is 0.268 e. The number of phosphoric ester groups is 1. The van der Waals surface area contributed by atoms with Gasteiger partial charge in [0.15, 0.2) is 0 Å². The van der Waals surface area contributed by atoms with Crippen molar-refractivity contribution < 1.29 is 32.9 Å². The van der Waals surface area contributed by atoms with E-state index in [4.69, 9.17) is 9.05 Å². The second-order valence-electron chi connectivity index (χ2n) is 21.7. The summed E-state index contributed by atoms with van der Waals surface area (Å²) in [4.78, 5) is 25.5. The number of likely N-dealkylation sites (N-methyl/N-ethyl adjacent to an activating group) is 1. The van der Waals surface area contributed by atoms with Gasteiger partial charge in [0, 0.05) is 6.42 Å². The van der Waals surface area contributed by atoms with Crippen LogP contribution in [-0.4, -0.2) is 68.5 Å². The number of hydrogen-bond donors (Lipinski definition) is 2. The van der Waals surface area contributed by atoms with E-state index in [1.807, 2.05) is 27.2 Å². The molecule has 68 heavy (non-hydrogen) atoms. The molecular weight excluding hydrogens is 864 g/mol. The van der Waals surface area contributed by atoms with Crippen molar-refractivity contribution in [1.29, 1.82) is 0 Å². The zero-order chi connectivity index (χ0) is 49.9. The first-order valence-electron chi connectivity index (χ1n) is 29.7. The molecule has 0 rings (SSSR count). The largest absolute Gasteiger partial charge is 0.756 e. The standard InChI is InChI=1S/C59H117N2O6P/c1-6-8-10-12-14-16-18-20-22-24-26-27-28-29-30-31-32-33-35-36-38-40-42-44-46-48-50-52-58(62)57(56-67-68(64,65)66-55-54-61(3,4)5)60-59(63)53-51-49-47-45-43-41-39-37-34-25-23-21-19-17-15-13-11-9-7-2/h42,44,50,52,57-58,62H,6-41,43,45-49,51,53-56H2,1-5H3,(H-,60,63,64,65)/b44-42+,52-50+. The Balaban J connectivity index is 4.20. The fourth-order valence-corrected chi connectivity index (χ4v) is 9.72. The van der Waals surface area contributed by atoms with Gasteiger partial charge < -0.3 is 28.8 Å². The highest BCUT2D eigenvalue weighted by atomic mass is 31.2. The summed E-state index contributed by atoms with van der Waals surface area (Å²) < 4.78 is 23.3. The third-order valence-electron chi connectivity index (χ3n) is 13.7. The van der Waals surface area contributed by atoms with Crippen molar-refractivity contribution in [3.8, 4) is 0 Å². The number of nitrogens with one attached hydrogen (secondary N) is 1. The van der Waals surface area contributed by atoms with Crippen molar-refractivity contribution in [1.82, 2.24) is 5.32 Å². The minimum Gasteiger partial charge on any atom is -0.756 e. The molecular formula is C59H117N2O6P. The van der Waals surface area contributed by atoms with Crippen LogP contribution in [0.15, 0.2) is 24.3 Å². The first-order valence-corrected chi connectivity index (χ1v) is 31.2. The van der Waals surface area contributed by atoms with Crippen LogP contribution in [0.25, 0.3) is 0 Å². The number of allylic oxidation sites excluding steroid dienone is 3. The van der Waals surface area contributed by atoms with Crippen LogP contribution in [0.3, 0.4) is 0 Å². The summed E-state index contributed by atoms with van der Waals surface area (Å²) in [5.74, 6) is -0.201. The molecule has 0 spiro atoms. The molecule has 0 aromatic rings. The number of unbranched alkanes of at least 4 members (excludes halogenated alkanes) is 40. The monoisotopic (exact) mass is 981 g/mol. The number of aliphatic hydroxyl groups excluding tert-OH is 1. The Morgan fingerprint density at radius 3 is 1.19 bits per heavy atom. The van der Waals surface area contributed by atoms with E-state index in [2.05, 4.69) is 31.3 Å². The molecule has 0 saturated heterocycles. The third-order valence-corrected chi connectivity index (χ3v) is 14.6. The maximum atomic E-state index is 13.0. The Bertz CT molecular complexity index is 1160. The van der Waals surface area contributed by atoms with Crippen LogP contribution in [0.2, 0.25) is 0 Å². The number of hydrogen-bond acceptors (Lipinski definition) is 6. The van der Waals surface area contributed by atoms with Crippen molar-refractivity contribution in [3.05, 3.63) is 24.3 Å². The van der Waals surface area contributed by atoms with Gasteiger partial charge in [-0.1, -0.05) is 282 Å². The Hall–Kier alpha value is -1.02. The second-order valence-corrected chi connectivity index (χ2v) is 23.1. The third kappa shape index (κ3) is 52.8. The first kappa shape index (κ1) is 67.0. The molecule has 0 aromatic heterocycles. The van der Waals surface area contributed by atoms with E-state index in [0.29, 0.717) is 17.4 Å². The average Bonchev–Trinajstić information content (AvgIpc) is 3.30. The second kappa shape index (κ2) is 50.9. The molecule has 0 aliphatic carbocycles. The predicted molar refractivity (Wildman–Crippen MR) is 293 cm³/mol. The van der Waals surface area contributed by atoms with E-state index in [0.717, 1.165) is 38.5 Å². The Morgan fingerprint density at radius 1 is 0.500 bits per heavy atom. The molecule has 0 radical (unpaired) electrons. The van der Waals surface area contributed by atoms with Gasteiger partial charge in [0.25, 0.3) is 7.82 Å². The van der Waals surface area contributed by atoms with Gasteiger partial charge in [0.1, 0.15) is 13.2 Å². The Morgan fingerprint density at radius 2 is 0.824 bits per heavy atom. The van der Waals surface area contributed by atoms with Crippen molar-refractivity contribution in [2.24, 2.45) is 0 Å². The fraction of sp³-hybridized carbons (Fsp3) is 0.915. The van der Waals surface area contributed by atoms with Gasteiger partial charge in [-0.25, -0.2) is 0 Å². The van der Waals surface area contributed by atoms with Gasteiger partial charge in [0.05, 0.1) is 39.9 Å². The molecule has 0 saturated carbocycles. The van der Waals surface area contributed by atoms with Gasteiger partial charge in [-0.05, 0) is 32.1 Å². The molecule has 0 aromatic carbocycles. The van der Waals surface area contributed by atoms with E-state index < -0.39 is 20.0 Å². The Kier molecular flexibility index (Phi) is 50.1. The number of carbonyl (C=O) groups excluding carboxylic acids is 1. The summed E-state index contributed by atoms with van der Waals surface area (Å²) in [6.07, 6.45) is 64.1. The Labute approximate surface area is 424 Å². The van der Waals surface area contributed by atoms with Gasteiger partial charge in [0.2, 0.25) is 5.91 Å². The van der Waals surface area contributed by atoms with E-state index >= 15 is 0 Å². The number of aliphatic hydroxyl groups is 1. The van der Waals surface area contributed by atoms with Crippen LogP contribution in [0.1, 0.15) is 296 Å². The van der Waals surface area contributed by atoms with Crippen LogP contribution in [0, 0.1) is 0 Å². The molecule has 3 unspecified atom stereocenters. The quantitative estimate of drug-likeness (QED) is 0.0272. The van der Waals surface area contributed by atoms with Gasteiger partial charge >= 0.3 is 0 Å². The molecule has 9 heteroatoms. The van der Waals surface area contributed by atoms with Gasteiger partial charge in [-0.2, -0.15) is 0 Å². The summed E-state index contributed by atoms with van der Waals surface area (Å²) in [6.45, 7) is 4.68. The van der Waals surface area contributed by atoms with Crippen LogP contribution in [-0.2, 0) is 18.4 Å². The lowest BCUT2D eigenvalue weighted by molar-refractivity contribution is -0.870. The molecule has 2 N–H and O–H groups in total. The zero-order valence-electron chi connectivity index (χ0n) is 46.1. The van der Waals surface area contributed by atoms with Crippen LogP contribution in [0.5, 0.6) is 0 Å². The first-order chi connectivity index (χ1) is 33.0. The SMILES string of the molecule is CCCCCCCCCCCCCCCCCCCCCCC/C=C/CC/C=C/C(O)C(COP(=O)([O-])OCC[N+](C)(C)C)NC(=O)CCCCCCCCCCCCCCCCCCCCC. The molecule has 0 fully saturated rings. The highest BCUT2D eigenvalue weighted by molar-refractivity contribution is 7.45. The maximum Gasteiger partial charge on any atom is 0.268 e. The van der Waals surface area contributed by atoms with Gasteiger partial charge in [-0.3, -0.25) is 9.36 Å². The zero-order valence-corrected chi connectivity index (χ0v) is 47.0. The lowest BCUT2D eigenvalue weighted by Crippen LogP contribution is -2.45. The molecule has 0 aliphatic heterocycles. The van der Waals surface area contributed by atoms with E-state index in [9.17, 15) is 19.4 Å². The molecule has 8 nitrogen and oxygen atoms in total. The normalized spacial score (nSPS) is 14.0. The number of rotatable bonds is 55. The summed E-state index contributed by atoms with van der Waals surface area (Å²) in [5.41, 5.74) is 0. The van der Waals surface area contributed by atoms with E-state index in [1.165, 1.54) is 238 Å². The summed E-state index contributed by atoms with van der Waals surface area (Å²) in [6, 6.07) is -0.900. The van der Waals surface area contributed by atoms with Crippen LogP contribution in [0.4, 0.5) is 0 Å². The fourth-order valence-electron chi connectivity index (χ4n) is 9.00. The minimum absolute atomic E-state index is 0.00368. The lowest BCUT2D eigenvalue weighted by atomic mass is 10.0. The minimum atomic E-state index is -4.60. The highest BCUT2D eigenvalue weighted by Gasteiger charge is 2.23. The molecule has 404 valence electrons. The van der Waals surface area contributed by atoms with Crippen molar-refractivity contribution in [3.63, 3.8) is 0 Å². The van der Waals surface area contributed by atoms with E-state index in [-0.39, 0.29) is 19.1 Å². The summed E-state index contributed by atoms with van der Waals surface area (Å²) in [5, 5.41) is 13.9. The molecule has 1 amide bonds. The number of nitrogens with zero attached hydrogens (tertiary/aromatic N) is 1. The number of carbonyl (C=O) groups is 1. The summed E-state index contributed by atoms with van der Waals surface area (Å²) in [7, 11) is 1.26. The molecule has 0 heterocycles. The summed E-state index contributed by atoms with van der Waals surface area (Å²) >= 11 is 0. The number of phosphoric acid groups is 1. The topological polar surface area (TPSA) is 108 Å².